The predicted octanol–water partition coefficient (Wildman–Crippen LogP) is 2.87. The molecule has 3 rings (SSSR count). The van der Waals surface area contributed by atoms with Gasteiger partial charge in [-0.2, -0.15) is 0 Å². The Kier molecular flexibility index (Phi) is 7.15. The van der Waals surface area contributed by atoms with E-state index in [-0.39, 0.29) is 30.7 Å². The number of amides is 1. The van der Waals surface area contributed by atoms with E-state index in [0.717, 1.165) is 36.2 Å². The molecule has 0 saturated carbocycles. The maximum absolute atomic E-state index is 12.1. The lowest BCUT2D eigenvalue weighted by Gasteiger charge is -2.07. The Morgan fingerprint density at radius 2 is 2.14 bits per heavy atom. The van der Waals surface area contributed by atoms with Gasteiger partial charge in [0.1, 0.15) is 0 Å². The minimum absolute atomic E-state index is 0. The molecule has 2 aromatic rings. The summed E-state index contributed by atoms with van der Waals surface area (Å²) in [7, 11) is 0. The topological polar surface area (TPSA) is 54.0 Å². The lowest BCUT2D eigenvalue weighted by atomic mass is 10.1. The van der Waals surface area contributed by atoms with Crippen molar-refractivity contribution in [2.75, 3.05) is 18.4 Å². The van der Waals surface area contributed by atoms with Gasteiger partial charge in [-0.05, 0) is 48.2 Å². The van der Waals surface area contributed by atoms with E-state index in [2.05, 4.69) is 15.6 Å². The number of anilines is 1. The number of hydrogen-bond donors (Lipinski definition) is 2. The molecule has 1 aromatic heterocycles. The molecule has 22 heavy (non-hydrogen) atoms. The zero-order valence-electron chi connectivity index (χ0n) is 12.0. The second kappa shape index (κ2) is 8.61. The van der Waals surface area contributed by atoms with E-state index < -0.39 is 0 Å². The fraction of sp³-hybridized carbons (Fsp3) is 0.250. The van der Waals surface area contributed by atoms with Gasteiger partial charge in [0.05, 0.1) is 0 Å². The maximum Gasteiger partial charge on any atom is 0.251 e. The molecule has 6 heteroatoms. The Bertz CT molecular complexity index is 620. The van der Waals surface area contributed by atoms with Crippen LogP contribution in [0.2, 0.25) is 0 Å². The van der Waals surface area contributed by atoms with Crippen LogP contribution in [0, 0.1) is 0 Å². The number of rotatable bonds is 4. The fourth-order valence-electron chi connectivity index (χ4n) is 2.41. The van der Waals surface area contributed by atoms with Crippen LogP contribution < -0.4 is 10.6 Å². The molecule has 0 saturated heterocycles. The van der Waals surface area contributed by atoms with Crippen molar-refractivity contribution in [3.05, 3.63) is 59.4 Å². The third-order valence-electron chi connectivity index (χ3n) is 3.50. The first-order chi connectivity index (χ1) is 9.83. The van der Waals surface area contributed by atoms with Crippen molar-refractivity contribution in [2.24, 2.45) is 0 Å². The SMILES string of the molecule is Cl.Cl.O=C(NCCc1cccnc1)c1ccc2c(c1)CCN2. The first-order valence-electron chi connectivity index (χ1n) is 6.87. The molecule has 0 spiro atoms. The Labute approximate surface area is 142 Å². The minimum atomic E-state index is -0.0106. The highest BCUT2D eigenvalue weighted by molar-refractivity contribution is 5.95. The van der Waals surface area contributed by atoms with E-state index in [1.807, 2.05) is 36.5 Å². The minimum Gasteiger partial charge on any atom is -0.384 e. The number of benzene rings is 1. The van der Waals surface area contributed by atoms with Gasteiger partial charge >= 0.3 is 0 Å². The van der Waals surface area contributed by atoms with Crippen molar-refractivity contribution >= 4 is 36.4 Å². The second-order valence-corrected chi connectivity index (χ2v) is 4.92. The summed E-state index contributed by atoms with van der Waals surface area (Å²) in [6.07, 6.45) is 5.37. The average molecular weight is 340 g/mol. The summed E-state index contributed by atoms with van der Waals surface area (Å²) < 4.78 is 0. The third kappa shape index (κ3) is 4.36. The van der Waals surface area contributed by atoms with Gasteiger partial charge in [-0.25, -0.2) is 0 Å². The summed E-state index contributed by atoms with van der Waals surface area (Å²) in [6, 6.07) is 9.76. The monoisotopic (exact) mass is 339 g/mol. The number of nitrogens with one attached hydrogen (secondary N) is 2. The van der Waals surface area contributed by atoms with Gasteiger partial charge in [0.2, 0.25) is 0 Å². The van der Waals surface area contributed by atoms with Crippen LogP contribution in [-0.4, -0.2) is 24.0 Å². The lowest BCUT2D eigenvalue weighted by Crippen LogP contribution is -2.25. The van der Waals surface area contributed by atoms with Crippen molar-refractivity contribution in [2.45, 2.75) is 12.8 Å². The second-order valence-electron chi connectivity index (χ2n) is 4.92. The Morgan fingerprint density at radius 1 is 1.27 bits per heavy atom. The van der Waals surface area contributed by atoms with Crippen molar-refractivity contribution in [3.63, 3.8) is 0 Å². The number of hydrogen-bond acceptors (Lipinski definition) is 3. The van der Waals surface area contributed by atoms with Gasteiger partial charge in [0.25, 0.3) is 5.91 Å². The summed E-state index contributed by atoms with van der Waals surface area (Å²) in [5, 5.41) is 6.24. The van der Waals surface area contributed by atoms with E-state index in [0.29, 0.717) is 6.54 Å². The largest absolute Gasteiger partial charge is 0.384 e. The van der Waals surface area contributed by atoms with E-state index in [1.54, 1.807) is 6.20 Å². The first kappa shape index (κ1) is 18.3. The van der Waals surface area contributed by atoms with Gasteiger partial charge in [0.15, 0.2) is 0 Å². The number of aromatic nitrogens is 1. The molecular weight excluding hydrogens is 321 g/mol. The van der Waals surface area contributed by atoms with Crippen LogP contribution >= 0.6 is 24.8 Å². The summed E-state index contributed by atoms with van der Waals surface area (Å²) in [5.74, 6) is -0.0106. The van der Waals surface area contributed by atoms with E-state index in [9.17, 15) is 4.79 Å². The van der Waals surface area contributed by atoms with Crippen molar-refractivity contribution in [3.8, 4) is 0 Å². The molecule has 118 valence electrons. The summed E-state index contributed by atoms with van der Waals surface area (Å²) in [5.41, 5.74) is 4.24. The Balaban J connectivity index is 0.00000121. The molecule has 0 aliphatic carbocycles. The smallest absolute Gasteiger partial charge is 0.251 e. The number of pyridine rings is 1. The number of halogens is 2. The highest BCUT2D eigenvalue weighted by Gasteiger charge is 2.13. The van der Waals surface area contributed by atoms with Crippen LogP contribution in [0.25, 0.3) is 0 Å². The number of carbonyl (C=O) groups is 1. The molecule has 0 fully saturated rings. The lowest BCUT2D eigenvalue weighted by molar-refractivity contribution is 0.0954. The van der Waals surface area contributed by atoms with E-state index in [4.69, 9.17) is 0 Å². The predicted molar refractivity (Wildman–Crippen MR) is 93.4 cm³/mol. The molecule has 0 bridgehead atoms. The Morgan fingerprint density at radius 3 is 2.91 bits per heavy atom. The highest BCUT2D eigenvalue weighted by atomic mass is 35.5. The van der Waals surface area contributed by atoms with Crippen molar-refractivity contribution in [1.29, 1.82) is 0 Å². The first-order valence-corrected chi connectivity index (χ1v) is 6.87. The van der Waals surface area contributed by atoms with Gasteiger partial charge in [-0.15, -0.1) is 24.8 Å². The molecule has 1 aromatic carbocycles. The molecule has 2 heterocycles. The number of fused-ring (bicyclic) bond motifs is 1. The highest BCUT2D eigenvalue weighted by Crippen LogP contribution is 2.22. The van der Waals surface area contributed by atoms with Crippen LogP contribution in [0.4, 0.5) is 5.69 Å². The van der Waals surface area contributed by atoms with Crippen LogP contribution in [0.5, 0.6) is 0 Å². The van der Waals surface area contributed by atoms with Crippen LogP contribution in [0.1, 0.15) is 21.5 Å². The molecule has 1 aliphatic heterocycles. The molecule has 4 nitrogen and oxygen atoms in total. The molecule has 0 atom stereocenters. The molecule has 1 amide bonds. The summed E-state index contributed by atoms with van der Waals surface area (Å²) in [4.78, 5) is 16.1. The quantitative estimate of drug-likeness (QED) is 0.900. The average Bonchev–Trinajstić information content (AvgIpc) is 2.95. The third-order valence-corrected chi connectivity index (χ3v) is 3.50. The Hall–Kier alpha value is -1.78. The maximum atomic E-state index is 12.1. The van der Waals surface area contributed by atoms with Crippen LogP contribution in [-0.2, 0) is 12.8 Å². The zero-order chi connectivity index (χ0) is 13.8. The molecule has 2 N–H and O–H groups in total. The van der Waals surface area contributed by atoms with Crippen molar-refractivity contribution < 1.29 is 4.79 Å². The molecule has 1 aliphatic rings. The summed E-state index contributed by atoms with van der Waals surface area (Å²) >= 11 is 0. The van der Waals surface area contributed by atoms with Gasteiger partial charge in [0, 0.05) is 36.7 Å². The molecule has 0 radical (unpaired) electrons. The van der Waals surface area contributed by atoms with E-state index in [1.165, 1.54) is 5.56 Å². The van der Waals surface area contributed by atoms with Crippen LogP contribution in [0.15, 0.2) is 42.7 Å². The normalized spacial score (nSPS) is 11.5. The fourth-order valence-corrected chi connectivity index (χ4v) is 2.41. The van der Waals surface area contributed by atoms with Crippen LogP contribution in [0.3, 0.4) is 0 Å². The van der Waals surface area contributed by atoms with Crippen molar-refractivity contribution in [1.82, 2.24) is 10.3 Å². The zero-order valence-corrected chi connectivity index (χ0v) is 13.7. The molecular formula is C16H19Cl2N3O. The molecule has 0 unspecified atom stereocenters. The van der Waals surface area contributed by atoms with E-state index >= 15 is 0 Å². The summed E-state index contributed by atoms with van der Waals surface area (Å²) in [6.45, 7) is 1.58. The van der Waals surface area contributed by atoms with Gasteiger partial charge in [-0.1, -0.05) is 6.07 Å². The number of carbonyl (C=O) groups excluding carboxylic acids is 1. The standard InChI is InChI=1S/C16H17N3O.2ClH/c20-16(19-8-5-12-2-1-7-17-11-12)14-3-4-15-13(10-14)6-9-18-15;;/h1-4,7,10-11,18H,5-6,8-9H2,(H,19,20);2*1H. The van der Waals surface area contributed by atoms with Gasteiger partial charge in [-0.3, -0.25) is 9.78 Å². The number of nitrogens with zero attached hydrogens (tertiary/aromatic N) is 1. The van der Waals surface area contributed by atoms with Gasteiger partial charge < -0.3 is 10.6 Å².